The van der Waals surface area contributed by atoms with Crippen LogP contribution in [0, 0.1) is 7.43 Å². The number of hydrogen-bond acceptors (Lipinski definition) is 1. The van der Waals surface area contributed by atoms with Gasteiger partial charge in [-0.05, 0) is 0 Å². The van der Waals surface area contributed by atoms with E-state index in [2.05, 4.69) is 0 Å². The van der Waals surface area contributed by atoms with Crippen LogP contribution in [-0.2, 0) is 58.6 Å². The summed E-state index contributed by atoms with van der Waals surface area (Å²) >= 11 is 0. The minimum Gasteiger partial charge on any atom is -0.542 e. The van der Waals surface area contributed by atoms with E-state index in [0.717, 1.165) is 0 Å². The maximum absolute atomic E-state index is 8.68. The second kappa shape index (κ2) is 52.2. The molecule has 43 valence electrons. The molecule has 0 atom stereocenters. The van der Waals surface area contributed by atoms with Crippen molar-refractivity contribution < 1.29 is 64.0 Å². The van der Waals surface area contributed by atoms with Crippen molar-refractivity contribution in [2.45, 2.75) is 6.92 Å². The molecular formula is C3H8O2WY-2. The Balaban J connectivity index is -0.00000000333. The van der Waals surface area contributed by atoms with Crippen LogP contribution in [0.2, 0.25) is 0 Å². The standard InChI is InChI=1S/C2H3O.CH3.H2O.W.Y/c1-2-3;;;;/h1H3;1H3;1H2;;/q2*-1;;;. The third kappa shape index (κ3) is 108. The van der Waals surface area contributed by atoms with Gasteiger partial charge >= 0.3 is 0 Å². The fourth-order valence-electron chi connectivity index (χ4n) is 0. The fourth-order valence-corrected chi connectivity index (χ4v) is 0. The van der Waals surface area contributed by atoms with Gasteiger partial charge in [-0.15, -0.1) is 0 Å². The first-order chi connectivity index (χ1) is 1.41. The number of carbonyl (C=O) groups excluding carboxylic acids is 1. The number of hydrogen-bond donors (Lipinski definition) is 0. The summed E-state index contributed by atoms with van der Waals surface area (Å²) < 4.78 is 0. The zero-order chi connectivity index (χ0) is 2.71. The Morgan fingerprint density at radius 3 is 1.43 bits per heavy atom. The summed E-state index contributed by atoms with van der Waals surface area (Å²) in [6, 6.07) is 0. The normalized spacial score (nSPS) is 1.86. The Bertz CT molecular complexity index is 20.4. The van der Waals surface area contributed by atoms with Crippen LogP contribution in [0.3, 0.4) is 0 Å². The van der Waals surface area contributed by atoms with Gasteiger partial charge in [-0.25, -0.2) is 0 Å². The van der Waals surface area contributed by atoms with E-state index in [1.165, 1.54) is 13.2 Å². The van der Waals surface area contributed by atoms with Gasteiger partial charge in [0, 0.05) is 53.8 Å². The van der Waals surface area contributed by atoms with E-state index in [9.17, 15) is 0 Å². The zero-order valence-electron chi connectivity index (χ0n) is 4.39. The van der Waals surface area contributed by atoms with Crippen LogP contribution < -0.4 is 0 Å². The van der Waals surface area contributed by atoms with Crippen LogP contribution in [0.15, 0.2) is 0 Å². The summed E-state index contributed by atoms with van der Waals surface area (Å²) in [7, 11) is 0. The molecule has 2 nitrogen and oxygen atoms in total. The zero-order valence-corrected chi connectivity index (χ0v) is 10.2. The molecule has 0 aliphatic rings. The molecule has 0 unspecified atom stereocenters. The van der Waals surface area contributed by atoms with Crippen LogP contribution in [0.5, 0.6) is 0 Å². The van der Waals surface area contributed by atoms with E-state index in [0.29, 0.717) is 0 Å². The maximum Gasteiger partial charge on any atom is 0 e. The van der Waals surface area contributed by atoms with E-state index < -0.39 is 0 Å². The molecule has 0 saturated carbocycles. The summed E-state index contributed by atoms with van der Waals surface area (Å²) in [6.07, 6.45) is 1.50. The van der Waals surface area contributed by atoms with Gasteiger partial charge in [0.25, 0.3) is 0 Å². The molecule has 0 heterocycles. The van der Waals surface area contributed by atoms with Gasteiger partial charge in [0.05, 0.1) is 0 Å². The first-order valence-electron chi connectivity index (χ1n) is 0.704. The first kappa shape index (κ1) is 39.6. The Morgan fingerprint density at radius 2 is 1.43 bits per heavy atom. The Hall–Kier alpha value is 1.42. The quantitative estimate of drug-likeness (QED) is 0.556. The molecule has 1 radical (unpaired) electrons. The van der Waals surface area contributed by atoms with E-state index in [1.54, 1.807) is 0 Å². The van der Waals surface area contributed by atoms with Crippen LogP contribution in [-0.4, -0.2) is 11.8 Å². The summed E-state index contributed by atoms with van der Waals surface area (Å²) in [6.45, 7) is 1.32. The van der Waals surface area contributed by atoms with Gasteiger partial charge in [-0.1, -0.05) is 0 Å². The van der Waals surface area contributed by atoms with Crippen molar-refractivity contribution in [2.75, 3.05) is 0 Å². The van der Waals surface area contributed by atoms with E-state index in [-0.39, 0.29) is 66.7 Å². The molecule has 0 aromatic rings. The van der Waals surface area contributed by atoms with Gasteiger partial charge in [0.15, 0.2) is 0 Å². The molecular weight excluding hydrogens is 341 g/mol. The third-order valence-electron chi connectivity index (χ3n) is 0. The summed E-state index contributed by atoms with van der Waals surface area (Å²) in [5.41, 5.74) is 0. The van der Waals surface area contributed by atoms with Crippen LogP contribution in [0.4, 0.5) is 0 Å². The van der Waals surface area contributed by atoms with Crippen LogP contribution in [0.25, 0.3) is 0 Å². The Labute approximate surface area is 83.9 Å². The summed E-state index contributed by atoms with van der Waals surface area (Å²) in [5.74, 6) is 0. The molecule has 0 amide bonds. The van der Waals surface area contributed by atoms with Crippen LogP contribution in [0.1, 0.15) is 6.92 Å². The summed E-state index contributed by atoms with van der Waals surface area (Å²) in [5, 5.41) is 0. The predicted molar refractivity (Wildman–Crippen MR) is 21.4 cm³/mol. The topological polar surface area (TPSA) is 48.6 Å². The monoisotopic (exact) mass is 349 g/mol. The molecule has 0 aliphatic carbocycles. The molecule has 4 heteroatoms. The molecule has 0 aromatic heterocycles. The Morgan fingerprint density at radius 1 is 1.43 bits per heavy atom. The van der Waals surface area contributed by atoms with Crippen molar-refractivity contribution in [1.29, 1.82) is 0 Å². The largest absolute Gasteiger partial charge is 0.542 e. The second-order valence-corrected chi connectivity index (χ2v) is 0.204. The SMILES string of the molecule is C[C-]=O.O.[CH3-].[W].[Y]. The van der Waals surface area contributed by atoms with Crippen LogP contribution >= 0.6 is 0 Å². The molecule has 0 spiro atoms. The summed E-state index contributed by atoms with van der Waals surface area (Å²) in [4.78, 5) is 8.68. The minimum atomic E-state index is 0. The van der Waals surface area contributed by atoms with Crippen molar-refractivity contribution in [3.8, 4) is 0 Å². The van der Waals surface area contributed by atoms with E-state index in [1.807, 2.05) is 0 Å². The van der Waals surface area contributed by atoms with E-state index >= 15 is 0 Å². The molecule has 0 aromatic carbocycles. The van der Waals surface area contributed by atoms with Gasteiger partial charge in [-0.3, -0.25) is 6.29 Å². The van der Waals surface area contributed by atoms with Crippen molar-refractivity contribution in [3.63, 3.8) is 0 Å². The smallest absolute Gasteiger partial charge is 0 e. The predicted octanol–water partition coefficient (Wildman–Crippen LogP) is -0.263. The average molecular weight is 349 g/mol. The fraction of sp³-hybridized carbons (Fsp3) is 0.333. The van der Waals surface area contributed by atoms with Gasteiger partial charge in [0.2, 0.25) is 0 Å². The van der Waals surface area contributed by atoms with Crippen molar-refractivity contribution >= 4 is 6.29 Å². The van der Waals surface area contributed by atoms with Gasteiger partial charge in [0.1, 0.15) is 0 Å². The molecule has 0 aliphatic heterocycles. The first-order valence-corrected chi connectivity index (χ1v) is 0.704. The molecule has 0 saturated heterocycles. The minimum absolute atomic E-state index is 0. The molecule has 0 bridgehead atoms. The van der Waals surface area contributed by atoms with Gasteiger partial charge < -0.3 is 17.7 Å². The molecule has 7 heavy (non-hydrogen) atoms. The average Bonchev–Trinajstić information content (AvgIpc) is 0.918. The van der Waals surface area contributed by atoms with E-state index in [4.69, 9.17) is 4.79 Å². The van der Waals surface area contributed by atoms with Crippen molar-refractivity contribution in [3.05, 3.63) is 7.43 Å². The maximum atomic E-state index is 8.68. The van der Waals surface area contributed by atoms with Gasteiger partial charge in [-0.2, -0.15) is 6.92 Å². The second-order valence-electron chi connectivity index (χ2n) is 0.204. The molecule has 0 rings (SSSR count). The van der Waals surface area contributed by atoms with Crippen molar-refractivity contribution in [2.24, 2.45) is 0 Å². The third-order valence-corrected chi connectivity index (χ3v) is 0. The Kier molecular flexibility index (Phi) is 295. The number of rotatable bonds is 0. The molecule has 0 fully saturated rings. The van der Waals surface area contributed by atoms with Crippen molar-refractivity contribution in [1.82, 2.24) is 0 Å². The molecule has 2 N–H and O–H groups in total.